The number of halogens is 1. The molecule has 3 N–H and O–H groups in total. The van der Waals surface area contributed by atoms with Gasteiger partial charge in [0.05, 0.1) is 6.26 Å². The van der Waals surface area contributed by atoms with Crippen LogP contribution in [-0.4, -0.2) is 37.3 Å². The largest absolute Gasteiger partial charge is 0.469 e. The summed E-state index contributed by atoms with van der Waals surface area (Å²) in [6.07, 6.45) is 6.55. The first-order chi connectivity index (χ1) is 12.8. The van der Waals surface area contributed by atoms with Crippen molar-refractivity contribution in [2.24, 2.45) is 10.9 Å². The molecule has 2 aromatic rings. The van der Waals surface area contributed by atoms with Crippen LogP contribution in [0.1, 0.15) is 36.8 Å². The highest BCUT2D eigenvalue weighted by Crippen LogP contribution is 2.11. The van der Waals surface area contributed by atoms with E-state index in [2.05, 4.69) is 35.1 Å². The van der Waals surface area contributed by atoms with Crippen molar-refractivity contribution in [3.63, 3.8) is 0 Å². The number of aliphatic hydroxyl groups is 1. The lowest BCUT2D eigenvalue weighted by molar-refractivity contribution is 0.253. The first-order valence-electron chi connectivity index (χ1n) is 9.49. The van der Waals surface area contributed by atoms with Crippen molar-refractivity contribution in [1.82, 2.24) is 10.6 Å². The summed E-state index contributed by atoms with van der Waals surface area (Å²) in [5, 5.41) is 18.2. The highest BCUT2D eigenvalue weighted by molar-refractivity contribution is 14.0. The monoisotopic (exact) mass is 505 g/mol. The number of hydrogen-bond acceptors (Lipinski definition) is 4. The van der Waals surface area contributed by atoms with Crippen molar-refractivity contribution in [2.75, 3.05) is 26.2 Å². The van der Waals surface area contributed by atoms with Crippen molar-refractivity contribution in [2.45, 2.75) is 39.0 Å². The Balaban J connectivity index is 0.00000364. The van der Waals surface area contributed by atoms with Crippen molar-refractivity contribution in [3.05, 3.63) is 46.5 Å². The fourth-order valence-electron chi connectivity index (χ4n) is 2.83. The van der Waals surface area contributed by atoms with Crippen molar-refractivity contribution < 1.29 is 9.52 Å². The summed E-state index contributed by atoms with van der Waals surface area (Å²) in [7, 11) is 0. The number of nitrogens with one attached hydrogen (secondary N) is 2. The molecule has 0 spiro atoms. The second-order valence-corrected chi connectivity index (χ2v) is 7.40. The summed E-state index contributed by atoms with van der Waals surface area (Å²) in [6.45, 7) is 4.77. The highest BCUT2D eigenvalue weighted by atomic mass is 127. The van der Waals surface area contributed by atoms with Crippen LogP contribution in [0.25, 0.3) is 0 Å². The number of aliphatic hydroxyl groups excluding tert-OH is 1. The van der Waals surface area contributed by atoms with E-state index in [1.165, 1.54) is 4.88 Å². The van der Waals surface area contributed by atoms with Gasteiger partial charge in [-0.25, -0.2) is 0 Å². The van der Waals surface area contributed by atoms with Gasteiger partial charge in [-0.05, 0) is 48.8 Å². The standard InChI is InChI=1S/C20H31N3O2S.HI/c1-2-5-17(10-13-24)16-23-20(21-11-8-18-6-3-14-25-18)22-12-9-19-7-4-15-26-19;/h3-4,6-7,14-15,17,24H,2,5,8-13,16H2,1H3,(H2,21,22,23);1H. The minimum atomic E-state index is 0. The van der Waals surface area contributed by atoms with E-state index in [4.69, 9.17) is 9.41 Å². The van der Waals surface area contributed by atoms with Gasteiger partial charge in [0.1, 0.15) is 5.76 Å². The molecular formula is C20H32IN3O2S. The van der Waals surface area contributed by atoms with Crippen LogP contribution in [-0.2, 0) is 12.8 Å². The number of guanidine groups is 1. The van der Waals surface area contributed by atoms with E-state index < -0.39 is 0 Å². The maximum Gasteiger partial charge on any atom is 0.191 e. The lowest BCUT2D eigenvalue weighted by Crippen LogP contribution is -2.39. The Morgan fingerprint density at radius 1 is 1.19 bits per heavy atom. The van der Waals surface area contributed by atoms with Crippen LogP contribution in [0.2, 0.25) is 0 Å². The van der Waals surface area contributed by atoms with Crippen LogP contribution in [0.3, 0.4) is 0 Å². The molecule has 2 heterocycles. The minimum Gasteiger partial charge on any atom is -0.469 e. The molecule has 0 saturated carbocycles. The molecule has 1 atom stereocenters. The predicted molar refractivity (Wildman–Crippen MR) is 124 cm³/mol. The average molecular weight is 505 g/mol. The molecule has 1 unspecified atom stereocenters. The smallest absolute Gasteiger partial charge is 0.191 e. The molecule has 0 aliphatic carbocycles. The second-order valence-electron chi connectivity index (χ2n) is 6.37. The van der Waals surface area contributed by atoms with Gasteiger partial charge in [0.15, 0.2) is 5.96 Å². The van der Waals surface area contributed by atoms with Crippen molar-refractivity contribution in [3.8, 4) is 0 Å². The Morgan fingerprint density at radius 2 is 2.00 bits per heavy atom. The van der Waals surface area contributed by atoms with Crippen molar-refractivity contribution in [1.29, 1.82) is 0 Å². The molecule has 0 bridgehead atoms. The van der Waals surface area contributed by atoms with E-state index in [-0.39, 0.29) is 30.6 Å². The lowest BCUT2D eigenvalue weighted by Gasteiger charge is -2.15. The Morgan fingerprint density at radius 3 is 2.63 bits per heavy atom. The number of hydrogen-bond donors (Lipinski definition) is 3. The Kier molecular flexibility index (Phi) is 13.3. The summed E-state index contributed by atoms with van der Waals surface area (Å²) in [6, 6.07) is 8.14. The first-order valence-corrected chi connectivity index (χ1v) is 10.4. The van der Waals surface area contributed by atoms with Gasteiger partial charge in [-0.3, -0.25) is 4.99 Å². The highest BCUT2D eigenvalue weighted by Gasteiger charge is 2.08. The molecule has 0 saturated heterocycles. The molecule has 27 heavy (non-hydrogen) atoms. The summed E-state index contributed by atoms with van der Waals surface area (Å²) >= 11 is 1.78. The molecular weight excluding hydrogens is 473 g/mol. The topological polar surface area (TPSA) is 69.8 Å². The molecule has 2 aromatic heterocycles. The molecule has 0 aliphatic heterocycles. The predicted octanol–water partition coefficient (Wildman–Crippen LogP) is 4.08. The van der Waals surface area contributed by atoms with Gasteiger partial charge < -0.3 is 20.2 Å². The fourth-order valence-corrected chi connectivity index (χ4v) is 3.54. The van der Waals surface area contributed by atoms with Gasteiger partial charge in [-0.1, -0.05) is 19.4 Å². The average Bonchev–Trinajstić information content (AvgIpc) is 3.33. The fraction of sp³-hybridized carbons (Fsp3) is 0.550. The summed E-state index contributed by atoms with van der Waals surface area (Å²) in [4.78, 5) is 6.13. The van der Waals surface area contributed by atoms with Crippen LogP contribution < -0.4 is 10.6 Å². The Hall–Kier alpha value is -1.06. The maximum absolute atomic E-state index is 9.23. The third-order valence-electron chi connectivity index (χ3n) is 4.23. The molecule has 152 valence electrons. The normalized spacial score (nSPS) is 12.4. The van der Waals surface area contributed by atoms with Gasteiger partial charge in [0, 0.05) is 37.5 Å². The van der Waals surface area contributed by atoms with E-state index in [0.29, 0.717) is 5.92 Å². The third kappa shape index (κ3) is 10.2. The van der Waals surface area contributed by atoms with Gasteiger partial charge >= 0.3 is 0 Å². The summed E-state index contributed by atoms with van der Waals surface area (Å²) in [5.41, 5.74) is 0. The van der Waals surface area contributed by atoms with E-state index >= 15 is 0 Å². The number of furan rings is 1. The summed E-state index contributed by atoms with van der Waals surface area (Å²) < 4.78 is 5.38. The Labute approximate surface area is 183 Å². The second kappa shape index (κ2) is 14.9. The van der Waals surface area contributed by atoms with Gasteiger partial charge in [0.25, 0.3) is 0 Å². The lowest BCUT2D eigenvalue weighted by atomic mass is 10.0. The molecule has 0 aliphatic rings. The van der Waals surface area contributed by atoms with E-state index in [9.17, 15) is 5.11 Å². The van der Waals surface area contributed by atoms with E-state index in [0.717, 1.165) is 63.5 Å². The van der Waals surface area contributed by atoms with Crippen LogP contribution in [0.15, 0.2) is 45.3 Å². The zero-order valence-electron chi connectivity index (χ0n) is 16.0. The molecule has 5 nitrogen and oxygen atoms in total. The van der Waals surface area contributed by atoms with E-state index in [1.807, 2.05) is 12.1 Å². The zero-order chi connectivity index (χ0) is 18.5. The van der Waals surface area contributed by atoms with Crippen molar-refractivity contribution >= 4 is 41.3 Å². The van der Waals surface area contributed by atoms with Crippen LogP contribution in [0, 0.1) is 5.92 Å². The van der Waals surface area contributed by atoms with Gasteiger partial charge in [-0.15, -0.1) is 35.3 Å². The molecule has 0 amide bonds. The third-order valence-corrected chi connectivity index (χ3v) is 5.17. The summed E-state index contributed by atoms with van der Waals surface area (Å²) in [5.74, 6) is 2.25. The molecule has 0 fully saturated rings. The Bertz CT molecular complexity index is 555. The van der Waals surface area contributed by atoms with Crippen LogP contribution in [0.5, 0.6) is 0 Å². The SMILES string of the molecule is CCCC(CCO)CN=C(NCCc1ccco1)NCCc1cccs1.I. The molecule has 2 rings (SSSR count). The quantitative estimate of drug-likeness (QED) is 0.231. The zero-order valence-corrected chi connectivity index (χ0v) is 19.2. The first kappa shape index (κ1) is 24.0. The number of rotatable bonds is 12. The number of aliphatic imine (C=N–C) groups is 1. The molecule has 0 radical (unpaired) electrons. The molecule has 0 aromatic carbocycles. The maximum atomic E-state index is 9.23. The minimum absolute atomic E-state index is 0. The van der Waals surface area contributed by atoms with E-state index in [1.54, 1.807) is 17.6 Å². The van der Waals surface area contributed by atoms with Crippen LogP contribution in [0.4, 0.5) is 0 Å². The molecule has 7 heteroatoms. The number of thiophene rings is 1. The number of nitrogens with zero attached hydrogens (tertiary/aromatic N) is 1. The van der Waals surface area contributed by atoms with Crippen LogP contribution >= 0.6 is 35.3 Å². The van der Waals surface area contributed by atoms with Gasteiger partial charge in [0.2, 0.25) is 0 Å². The van der Waals surface area contributed by atoms with Gasteiger partial charge in [-0.2, -0.15) is 0 Å².